The van der Waals surface area contributed by atoms with Gasteiger partial charge in [-0.15, -0.1) is 23.1 Å². The van der Waals surface area contributed by atoms with Crippen molar-refractivity contribution in [1.82, 2.24) is 0 Å². The van der Waals surface area contributed by atoms with Crippen LogP contribution in [0, 0.1) is 5.38 Å². The second-order valence-electron chi connectivity index (χ2n) is 2.81. The molecule has 1 radical (unpaired) electrons. The van der Waals surface area contributed by atoms with Crippen LogP contribution in [0.5, 0.6) is 0 Å². The van der Waals surface area contributed by atoms with Crippen molar-refractivity contribution in [2.24, 2.45) is 0 Å². The van der Waals surface area contributed by atoms with Gasteiger partial charge in [-0.2, -0.15) is 0 Å². The summed E-state index contributed by atoms with van der Waals surface area (Å²) in [5.41, 5.74) is 0. The summed E-state index contributed by atoms with van der Waals surface area (Å²) in [5.74, 6) is 1.27. The average molecular weight is 199 g/mol. The van der Waals surface area contributed by atoms with Crippen molar-refractivity contribution in [1.29, 1.82) is 0 Å². The van der Waals surface area contributed by atoms with Gasteiger partial charge in [-0.05, 0) is 18.2 Å². The van der Waals surface area contributed by atoms with Gasteiger partial charge < -0.3 is 0 Å². The van der Waals surface area contributed by atoms with E-state index in [2.05, 4.69) is 23.8 Å². The number of thioether (sulfide) groups is 1. The Kier molecular flexibility index (Phi) is 5.53. The summed E-state index contributed by atoms with van der Waals surface area (Å²) in [6.45, 7) is 2.25. The zero-order valence-corrected chi connectivity index (χ0v) is 9.14. The van der Waals surface area contributed by atoms with Crippen LogP contribution in [0.25, 0.3) is 0 Å². The van der Waals surface area contributed by atoms with E-state index in [-0.39, 0.29) is 0 Å². The highest BCUT2D eigenvalue weighted by atomic mass is 32.2. The van der Waals surface area contributed by atoms with Gasteiger partial charge in [0, 0.05) is 15.7 Å². The molecule has 0 fully saturated rings. The molecule has 0 atom stereocenters. The fourth-order valence-electron chi connectivity index (χ4n) is 1.01. The summed E-state index contributed by atoms with van der Waals surface area (Å²) in [5, 5.41) is 5.27. The Balaban J connectivity index is 1.96. The van der Waals surface area contributed by atoms with Crippen molar-refractivity contribution in [2.75, 3.05) is 5.75 Å². The van der Waals surface area contributed by atoms with E-state index in [1.807, 2.05) is 11.8 Å². The molecule has 2 heteroatoms. The predicted molar refractivity (Wildman–Crippen MR) is 58.0 cm³/mol. The molecule has 1 aromatic rings. The van der Waals surface area contributed by atoms with E-state index in [0.717, 1.165) is 0 Å². The second-order valence-corrected chi connectivity index (χ2v) is 4.68. The van der Waals surface area contributed by atoms with Gasteiger partial charge in [0.25, 0.3) is 0 Å². The highest BCUT2D eigenvalue weighted by molar-refractivity contribution is 7.99. The molecule has 1 aromatic heterocycles. The van der Waals surface area contributed by atoms with Gasteiger partial charge in [-0.3, -0.25) is 0 Å². The molecule has 0 bridgehead atoms. The lowest BCUT2D eigenvalue weighted by Crippen LogP contribution is -1.79. The lowest BCUT2D eigenvalue weighted by molar-refractivity contribution is 0.706. The summed E-state index contributed by atoms with van der Waals surface area (Å²) in [6.07, 6.45) is 5.46. The van der Waals surface area contributed by atoms with Crippen molar-refractivity contribution >= 4 is 23.1 Å². The molecule has 1 rings (SSSR count). The molecule has 0 aliphatic heterocycles. The number of hydrogen-bond donors (Lipinski definition) is 0. The van der Waals surface area contributed by atoms with Crippen LogP contribution >= 0.6 is 23.1 Å². The van der Waals surface area contributed by atoms with Crippen LogP contribution in [0.2, 0.25) is 0 Å². The summed E-state index contributed by atoms with van der Waals surface area (Å²) >= 11 is 3.62. The van der Waals surface area contributed by atoms with E-state index in [0.29, 0.717) is 0 Å². The van der Waals surface area contributed by atoms with E-state index < -0.39 is 0 Å². The van der Waals surface area contributed by atoms with E-state index >= 15 is 0 Å². The maximum atomic E-state index is 3.10. The third-order valence-electron chi connectivity index (χ3n) is 1.71. The summed E-state index contributed by atoms with van der Waals surface area (Å²) in [7, 11) is 0. The standard InChI is InChI=1S/C10H15S2/c1-2-3-4-5-7-12-10-6-8-11-9-10/h6,9H,2-5,7H2,1H3. The monoisotopic (exact) mass is 199 g/mol. The molecule has 0 unspecified atom stereocenters. The lowest BCUT2D eigenvalue weighted by atomic mass is 10.2. The molecular formula is C10H15S2. The zero-order valence-electron chi connectivity index (χ0n) is 7.51. The molecule has 12 heavy (non-hydrogen) atoms. The van der Waals surface area contributed by atoms with Gasteiger partial charge in [-0.1, -0.05) is 26.2 Å². The Labute approximate surface area is 83.4 Å². The molecule has 0 nitrogen and oxygen atoms in total. The molecule has 0 N–H and O–H groups in total. The molecule has 0 saturated carbocycles. The quantitative estimate of drug-likeness (QED) is 0.488. The average Bonchev–Trinajstić information content (AvgIpc) is 2.57. The van der Waals surface area contributed by atoms with Gasteiger partial charge >= 0.3 is 0 Å². The molecular weight excluding hydrogens is 184 g/mol. The molecule has 0 aliphatic rings. The fraction of sp³-hybridized carbons (Fsp3) is 0.600. The van der Waals surface area contributed by atoms with Crippen molar-refractivity contribution in [3.05, 3.63) is 16.8 Å². The SMILES string of the molecule is CCCCCCSc1c[c]sc1. The van der Waals surface area contributed by atoms with Crippen LogP contribution in [0.3, 0.4) is 0 Å². The topological polar surface area (TPSA) is 0 Å². The van der Waals surface area contributed by atoms with Gasteiger partial charge in [0.2, 0.25) is 0 Å². The van der Waals surface area contributed by atoms with Gasteiger partial charge in [-0.25, -0.2) is 0 Å². The fourth-order valence-corrected chi connectivity index (χ4v) is 2.68. The van der Waals surface area contributed by atoms with E-state index in [9.17, 15) is 0 Å². The van der Waals surface area contributed by atoms with Crippen molar-refractivity contribution in [2.45, 2.75) is 37.5 Å². The lowest BCUT2D eigenvalue weighted by Gasteiger charge is -1.97. The predicted octanol–water partition coefficient (Wildman–Crippen LogP) is 4.22. The Hall–Kier alpha value is 0.0500. The molecule has 0 aliphatic carbocycles. The maximum absolute atomic E-state index is 3.10. The smallest absolute Gasteiger partial charge is 0.0454 e. The first-order valence-electron chi connectivity index (χ1n) is 4.51. The largest absolute Gasteiger partial charge is 0.142 e. The van der Waals surface area contributed by atoms with Crippen LogP contribution in [-0.4, -0.2) is 5.75 Å². The number of rotatable bonds is 6. The van der Waals surface area contributed by atoms with E-state index in [4.69, 9.17) is 0 Å². The molecule has 67 valence electrons. The Morgan fingerprint density at radius 3 is 3.00 bits per heavy atom. The first-order valence-corrected chi connectivity index (χ1v) is 6.37. The van der Waals surface area contributed by atoms with Gasteiger partial charge in [0.15, 0.2) is 0 Å². The summed E-state index contributed by atoms with van der Waals surface area (Å²) in [6, 6.07) is 2.08. The minimum atomic E-state index is 1.27. The van der Waals surface area contributed by atoms with Crippen LogP contribution < -0.4 is 0 Å². The van der Waals surface area contributed by atoms with Crippen LogP contribution in [-0.2, 0) is 0 Å². The van der Waals surface area contributed by atoms with Gasteiger partial charge in [0.05, 0.1) is 0 Å². The highest BCUT2D eigenvalue weighted by Crippen LogP contribution is 2.21. The number of hydrogen-bond acceptors (Lipinski definition) is 2. The zero-order chi connectivity index (χ0) is 8.65. The second kappa shape index (κ2) is 6.55. The third-order valence-corrected chi connectivity index (χ3v) is 3.55. The normalized spacial score (nSPS) is 10.4. The number of unbranched alkanes of at least 4 members (excludes halogenated alkanes) is 3. The maximum Gasteiger partial charge on any atom is 0.0454 e. The third kappa shape index (κ3) is 4.17. The molecule has 1 heterocycles. The Morgan fingerprint density at radius 2 is 2.33 bits per heavy atom. The molecule has 0 aromatic carbocycles. The molecule has 0 spiro atoms. The number of thiophene rings is 1. The minimum absolute atomic E-state index is 1.27. The van der Waals surface area contributed by atoms with Crippen LogP contribution in [0.4, 0.5) is 0 Å². The Morgan fingerprint density at radius 1 is 1.42 bits per heavy atom. The first-order chi connectivity index (χ1) is 5.93. The van der Waals surface area contributed by atoms with Crippen molar-refractivity contribution in [3.63, 3.8) is 0 Å². The summed E-state index contributed by atoms with van der Waals surface area (Å²) in [4.78, 5) is 1.39. The van der Waals surface area contributed by atoms with Crippen LogP contribution in [0.15, 0.2) is 16.3 Å². The van der Waals surface area contributed by atoms with Crippen molar-refractivity contribution in [3.8, 4) is 0 Å². The van der Waals surface area contributed by atoms with E-state index in [1.165, 1.54) is 36.3 Å². The first kappa shape index (κ1) is 10.1. The van der Waals surface area contributed by atoms with Crippen LogP contribution in [0.1, 0.15) is 32.6 Å². The van der Waals surface area contributed by atoms with Gasteiger partial charge in [0.1, 0.15) is 0 Å². The van der Waals surface area contributed by atoms with Crippen molar-refractivity contribution < 1.29 is 0 Å². The molecule has 0 amide bonds. The molecule has 0 saturated heterocycles. The minimum Gasteiger partial charge on any atom is -0.142 e. The summed E-state index contributed by atoms with van der Waals surface area (Å²) < 4.78 is 0. The Bertz CT molecular complexity index is 180. The highest BCUT2D eigenvalue weighted by Gasteiger charge is 1.93. The van der Waals surface area contributed by atoms with E-state index in [1.54, 1.807) is 11.3 Å².